The second-order valence-electron chi connectivity index (χ2n) is 6.84. The molecule has 6 heteroatoms. The molecule has 146 valence electrons. The van der Waals surface area contributed by atoms with Gasteiger partial charge in [-0.2, -0.15) is 5.26 Å². The number of hydrogen-bond donors (Lipinski definition) is 0. The molecule has 29 heavy (non-hydrogen) atoms. The van der Waals surface area contributed by atoms with Crippen molar-refractivity contribution in [3.63, 3.8) is 0 Å². The van der Waals surface area contributed by atoms with Crippen molar-refractivity contribution >= 4 is 17.4 Å². The van der Waals surface area contributed by atoms with Gasteiger partial charge in [-0.3, -0.25) is 0 Å². The number of benzene rings is 2. The number of anilines is 1. The molecule has 0 unspecified atom stereocenters. The second-order valence-corrected chi connectivity index (χ2v) is 7.93. The third-order valence-corrected chi connectivity index (χ3v) is 5.68. The summed E-state index contributed by atoms with van der Waals surface area (Å²) in [7, 11) is 0. The summed E-state index contributed by atoms with van der Waals surface area (Å²) in [6, 6.07) is 20.8. The van der Waals surface area contributed by atoms with Gasteiger partial charge in [-0.25, -0.2) is 9.97 Å². The van der Waals surface area contributed by atoms with Gasteiger partial charge in [0.05, 0.1) is 25.7 Å². The van der Waals surface area contributed by atoms with E-state index in [0.29, 0.717) is 12.8 Å². The van der Waals surface area contributed by atoms with Crippen molar-refractivity contribution in [1.29, 1.82) is 5.26 Å². The molecule has 5 nitrogen and oxygen atoms in total. The first kappa shape index (κ1) is 19.4. The highest BCUT2D eigenvalue weighted by atomic mass is 32.2. The largest absolute Gasteiger partial charge is 0.378 e. The zero-order valence-corrected chi connectivity index (χ0v) is 16.9. The fraction of sp³-hybridized carbons (Fsp3) is 0.261. The van der Waals surface area contributed by atoms with Crippen molar-refractivity contribution in [2.75, 3.05) is 31.2 Å². The van der Waals surface area contributed by atoms with Gasteiger partial charge in [0, 0.05) is 36.3 Å². The van der Waals surface area contributed by atoms with Crippen LogP contribution in [0.1, 0.15) is 17.0 Å². The van der Waals surface area contributed by atoms with Crippen molar-refractivity contribution in [2.24, 2.45) is 0 Å². The van der Waals surface area contributed by atoms with Crippen LogP contribution in [0, 0.1) is 11.3 Å². The molecule has 0 atom stereocenters. The fourth-order valence-corrected chi connectivity index (χ4v) is 4.16. The van der Waals surface area contributed by atoms with Crippen LogP contribution in [0.25, 0.3) is 0 Å². The molecule has 0 N–H and O–H groups in total. The zero-order chi connectivity index (χ0) is 19.9. The maximum absolute atomic E-state index is 8.88. The lowest BCUT2D eigenvalue weighted by atomic mass is 10.1. The quantitative estimate of drug-likeness (QED) is 0.578. The summed E-state index contributed by atoms with van der Waals surface area (Å²) in [6.45, 7) is 3.47. The second kappa shape index (κ2) is 9.55. The van der Waals surface area contributed by atoms with E-state index in [9.17, 15) is 0 Å². The summed E-state index contributed by atoms with van der Waals surface area (Å²) in [5, 5.41) is 9.79. The Morgan fingerprint density at radius 3 is 2.66 bits per heavy atom. The summed E-state index contributed by atoms with van der Waals surface area (Å²) in [5.74, 6) is 0.808. The van der Waals surface area contributed by atoms with Crippen molar-refractivity contribution < 1.29 is 4.74 Å². The minimum atomic E-state index is 0.421. The van der Waals surface area contributed by atoms with Crippen molar-refractivity contribution in [1.82, 2.24) is 9.97 Å². The number of hydrogen-bond acceptors (Lipinski definition) is 6. The molecule has 3 aromatic rings. The Balaban J connectivity index is 1.42. The SMILES string of the molecule is N#CCc1cccc(Sc2ccnc(Cc3ccc(N4CCOCC4)cc3)n2)c1. The van der Waals surface area contributed by atoms with Gasteiger partial charge in [0.15, 0.2) is 0 Å². The molecule has 0 spiro atoms. The minimum absolute atomic E-state index is 0.421. The number of rotatable bonds is 6. The molecule has 2 heterocycles. The van der Waals surface area contributed by atoms with E-state index in [1.54, 1.807) is 11.8 Å². The van der Waals surface area contributed by atoms with Crippen LogP contribution < -0.4 is 4.90 Å². The molecule has 2 aromatic carbocycles. The highest BCUT2D eigenvalue weighted by Crippen LogP contribution is 2.27. The summed E-state index contributed by atoms with van der Waals surface area (Å²) in [4.78, 5) is 12.6. The van der Waals surface area contributed by atoms with Crippen LogP contribution in [-0.2, 0) is 17.6 Å². The van der Waals surface area contributed by atoms with Crippen LogP contribution in [0.5, 0.6) is 0 Å². The molecule has 0 amide bonds. The maximum Gasteiger partial charge on any atom is 0.133 e. The van der Waals surface area contributed by atoms with E-state index in [1.165, 1.54) is 11.3 Å². The van der Waals surface area contributed by atoms with Gasteiger partial charge in [-0.05, 0) is 41.5 Å². The van der Waals surface area contributed by atoms with Gasteiger partial charge in [-0.15, -0.1) is 0 Å². The Labute approximate surface area is 175 Å². The predicted octanol–water partition coefficient (Wildman–Crippen LogP) is 4.12. The smallest absolute Gasteiger partial charge is 0.133 e. The third kappa shape index (κ3) is 5.35. The van der Waals surface area contributed by atoms with Gasteiger partial charge < -0.3 is 9.64 Å². The Morgan fingerprint density at radius 1 is 1.03 bits per heavy atom. The summed E-state index contributed by atoms with van der Waals surface area (Å²) >= 11 is 1.59. The average Bonchev–Trinajstić information content (AvgIpc) is 2.76. The predicted molar refractivity (Wildman–Crippen MR) is 114 cm³/mol. The highest BCUT2D eigenvalue weighted by Gasteiger charge is 2.11. The molecule has 1 fully saturated rings. The van der Waals surface area contributed by atoms with Crippen LogP contribution in [-0.4, -0.2) is 36.3 Å². The van der Waals surface area contributed by atoms with Crippen LogP contribution in [0.3, 0.4) is 0 Å². The molecule has 1 aliphatic rings. The van der Waals surface area contributed by atoms with Crippen LogP contribution in [0.4, 0.5) is 5.69 Å². The van der Waals surface area contributed by atoms with Gasteiger partial charge in [-0.1, -0.05) is 36.0 Å². The molecule has 1 aliphatic heterocycles. The first-order valence-electron chi connectivity index (χ1n) is 9.67. The molecule has 4 rings (SSSR count). The molecule has 1 aromatic heterocycles. The van der Waals surface area contributed by atoms with E-state index in [4.69, 9.17) is 15.0 Å². The van der Waals surface area contributed by atoms with E-state index in [2.05, 4.69) is 40.2 Å². The lowest BCUT2D eigenvalue weighted by Gasteiger charge is -2.28. The number of nitrogens with zero attached hydrogens (tertiary/aromatic N) is 4. The topological polar surface area (TPSA) is 62.0 Å². The highest BCUT2D eigenvalue weighted by molar-refractivity contribution is 7.99. The van der Waals surface area contributed by atoms with Crippen LogP contribution in [0.2, 0.25) is 0 Å². The number of ether oxygens (including phenoxy) is 1. The van der Waals surface area contributed by atoms with Gasteiger partial charge in [0.25, 0.3) is 0 Å². The summed E-state index contributed by atoms with van der Waals surface area (Å²) < 4.78 is 5.42. The fourth-order valence-electron chi connectivity index (χ4n) is 3.28. The molecule has 0 saturated carbocycles. The molecular weight excluding hydrogens is 380 g/mol. The first-order valence-corrected chi connectivity index (χ1v) is 10.5. The van der Waals surface area contributed by atoms with Crippen molar-refractivity contribution in [2.45, 2.75) is 22.8 Å². The lowest BCUT2D eigenvalue weighted by Crippen LogP contribution is -2.36. The molecule has 0 bridgehead atoms. The first-order chi connectivity index (χ1) is 14.3. The average molecular weight is 403 g/mol. The van der Waals surface area contributed by atoms with Crippen molar-refractivity contribution in [3.05, 3.63) is 77.7 Å². The van der Waals surface area contributed by atoms with Crippen molar-refractivity contribution in [3.8, 4) is 6.07 Å². The monoisotopic (exact) mass is 402 g/mol. The Morgan fingerprint density at radius 2 is 1.86 bits per heavy atom. The third-order valence-electron chi connectivity index (χ3n) is 4.76. The minimum Gasteiger partial charge on any atom is -0.378 e. The maximum atomic E-state index is 8.88. The summed E-state index contributed by atoms with van der Waals surface area (Å²) in [5.41, 5.74) is 3.45. The lowest BCUT2D eigenvalue weighted by molar-refractivity contribution is 0.122. The number of morpholine rings is 1. The van der Waals surface area contributed by atoms with E-state index in [-0.39, 0.29) is 0 Å². The summed E-state index contributed by atoms with van der Waals surface area (Å²) in [6.07, 6.45) is 2.93. The van der Waals surface area contributed by atoms with E-state index in [0.717, 1.165) is 47.6 Å². The normalized spacial score (nSPS) is 13.8. The molecule has 1 saturated heterocycles. The standard InChI is InChI=1S/C23H22N4OS/c24-10-8-18-2-1-3-21(16-18)29-23-9-11-25-22(26-23)17-19-4-6-20(7-5-19)27-12-14-28-15-13-27/h1-7,9,11,16H,8,12-15,17H2. The van der Waals surface area contributed by atoms with Crippen LogP contribution >= 0.6 is 11.8 Å². The van der Waals surface area contributed by atoms with E-state index < -0.39 is 0 Å². The van der Waals surface area contributed by atoms with E-state index >= 15 is 0 Å². The van der Waals surface area contributed by atoms with E-state index in [1.807, 2.05) is 36.5 Å². The number of nitriles is 1. The zero-order valence-electron chi connectivity index (χ0n) is 16.1. The Kier molecular flexibility index (Phi) is 6.40. The van der Waals surface area contributed by atoms with Gasteiger partial charge in [0.1, 0.15) is 10.9 Å². The number of aromatic nitrogens is 2. The Hall–Kier alpha value is -2.88. The molecular formula is C23H22N4OS. The molecule has 0 radical (unpaired) electrons. The van der Waals surface area contributed by atoms with Gasteiger partial charge in [0.2, 0.25) is 0 Å². The van der Waals surface area contributed by atoms with Crippen LogP contribution in [0.15, 0.2) is 70.7 Å². The van der Waals surface area contributed by atoms with Gasteiger partial charge >= 0.3 is 0 Å². The molecule has 0 aliphatic carbocycles. The Bertz CT molecular complexity index is 994.